The molecule has 0 bridgehead atoms. The van der Waals surface area contributed by atoms with Crippen LogP contribution in [0.1, 0.15) is 50.9 Å². The SMILES string of the molecule is CCCNCc1n[nH]c(C)c1S(=O)(=O)N1CCCCC1C. The molecule has 7 heteroatoms. The predicted octanol–water partition coefficient (Wildman–Crippen LogP) is 1.78. The van der Waals surface area contributed by atoms with Gasteiger partial charge < -0.3 is 5.32 Å². The molecule has 0 radical (unpaired) electrons. The Balaban J connectivity index is 2.28. The first kappa shape index (κ1) is 16.5. The number of sulfonamides is 1. The highest BCUT2D eigenvalue weighted by atomic mass is 32.2. The monoisotopic (exact) mass is 314 g/mol. The number of aryl methyl sites for hydroxylation is 1. The van der Waals surface area contributed by atoms with Crippen LogP contribution >= 0.6 is 0 Å². The third-order valence-corrected chi connectivity index (χ3v) is 6.21. The van der Waals surface area contributed by atoms with Crippen molar-refractivity contribution in [1.82, 2.24) is 19.8 Å². The predicted molar refractivity (Wildman–Crippen MR) is 82.5 cm³/mol. The lowest BCUT2D eigenvalue weighted by Gasteiger charge is -2.32. The molecule has 21 heavy (non-hydrogen) atoms. The van der Waals surface area contributed by atoms with Crippen molar-refractivity contribution in [2.75, 3.05) is 13.1 Å². The number of H-pyrrole nitrogens is 1. The van der Waals surface area contributed by atoms with Crippen molar-refractivity contribution >= 4 is 10.0 Å². The van der Waals surface area contributed by atoms with Crippen LogP contribution in [-0.2, 0) is 16.6 Å². The molecule has 1 atom stereocenters. The highest BCUT2D eigenvalue weighted by molar-refractivity contribution is 7.89. The van der Waals surface area contributed by atoms with Gasteiger partial charge in [0, 0.05) is 19.1 Å². The summed E-state index contributed by atoms with van der Waals surface area (Å²) in [5.74, 6) is 0. The van der Waals surface area contributed by atoms with Crippen molar-refractivity contribution in [1.29, 1.82) is 0 Å². The Kier molecular flexibility index (Phi) is 5.40. The summed E-state index contributed by atoms with van der Waals surface area (Å²) in [7, 11) is -3.47. The minimum Gasteiger partial charge on any atom is -0.311 e. The summed E-state index contributed by atoms with van der Waals surface area (Å²) in [5, 5.41) is 10.2. The fraction of sp³-hybridized carbons (Fsp3) is 0.786. The second kappa shape index (κ2) is 6.89. The lowest BCUT2D eigenvalue weighted by Crippen LogP contribution is -2.42. The van der Waals surface area contributed by atoms with Gasteiger partial charge in [-0.2, -0.15) is 9.40 Å². The number of hydrogen-bond acceptors (Lipinski definition) is 4. The molecule has 0 spiro atoms. The lowest BCUT2D eigenvalue weighted by atomic mass is 10.1. The van der Waals surface area contributed by atoms with Gasteiger partial charge in [-0.15, -0.1) is 0 Å². The van der Waals surface area contributed by atoms with Crippen molar-refractivity contribution in [3.05, 3.63) is 11.4 Å². The van der Waals surface area contributed by atoms with Gasteiger partial charge in [0.15, 0.2) is 0 Å². The van der Waals surface area contributed by atoms with Gasteiger partial charge in [-0.3, -0.25) is 5.10 Å². The number of rotatable bonds is 6. The van der Waals surface area contributed by atoms with Crippen molar-refractivity contribution in [3.63, 3.8) is 0 Å². The number of nitrogens with one attached hydrogen (secondary N) is 2. The third kappa shape index (κ3) is 3.46. The maximum atomic E-state index is 13.0. The second-order valence-corrected chi connectivity index (χ2v) is 7.59. The van der Waals surface area contributed by atoms with Gasteiger partial charge >= 0.3 is 0 Å². The molecular formula is C14H26N4O2S. The first-order valence-electron chi connectivity index (χ1n) is 7.75. The first-order chi connectivity index (χ1) is 9.98. The summed E-state index contributed by atoms with van der Waals surface area (Å²) in [5.41, 5.74) is 1.22. The summed E-state index contributed by atoms with van der Waals surface area (Å²) >= 11 is 0. The van der Waals surface area contributed by atoms with E-state index in [0.29, 0.717) is 29.4 Å². The number of nitrogens with zero attached hydrogens (tertiary/aromatic N) is 2. The molecule has 1 aliphatic heterocycles. The lowest BCUT2D eigenvalue weighted by molar-refractivity contribution is 0.268. The largest absolute Gasteiger partial charge is 0.311 e. The summed E-state index contributed by atoms with van der Waals surface area (Å²) in [6.45, 7) is 7.78. The van der Waals surface area contributed by atoms with Crippen molar-refractivity contribution in [3.8, 4) is 0 Å². The van der Waals surface area contributed by atoms with E-state index in [1.165, 1.54) is 0 Å². The van der Waals surface area contributed by atoms with E-state index in [-0.39, 0.29) is 6.04 Å². The van der Waals surface area contributed by atoms with Crippen molar-refractivity contribution in [2.24, 2.45) is 0 Å². The van der Waals surface area contributed by atoms with E-state index < -0.39 is 10.0 Å². The van der Waals surface area contributed by atoms with Crippen LogP contribution in [0, 0.1) is 6.92 Å². The summed E-state index contributed by atoms with van der Waals surface area (Å²) in [6.07, 6.45) is 3.97. The van der Waals surface area contributed by atoms with E-state index in [0.717, 1.165) is 32.2 Å². The molecule has 1 aromatic heterocycles. The van der Waals surface area contributed by atoms with E-state index in [4.69, 9.17) is 0 Å². The molecule has 0 aromatic carbocycles. The van der Waals surface area contributed by atoms with Gasteiger partial charge in [-0.25, -0.2) is 8.42 Å². The maximum absolute atomic E-state index is 13.0. The molecule has 1 aromatic rings. The molecule has 1 aliphatic rings. The van der Waals surface area contributed by atoms with Crippen LogP contribution in [0.25, 0.3) is 0 Å². The van der Waals surface area contributed by atoms with Crippen LogP contribution in [0.2, 0.25) is 0 Å². The molecule has 6 nitrogen and oxygen atoms in total. The Morgan fingerprint density at radius 2 is 2.19 bits per heavy atom. The fourth-order valence-electron chi connectivity index (χ4n) is 2.86. The van der Waals surface area contributed by atoms with E-state index in [1.54, 1.807) is 11.2 Å². The van der Waals surface area contributed by atoms with E-state index in [2.05, 4.69) is 22.4 Å². The van der Waals surface area contributed by atoms with Crippen molar-refractivity contribution < 1.29 is 8.42 Å². The zero-order valence-electron chi connectivity index (χ0n) is 13.1. The van der Waals surface area contributed by atoms with Gasteiger partial charge in [0.05, 0.1) is 11.4 Å². The number of aromatic nitrogens is 2. The van der Waals surface area contributed by atoms with Crippen LogP contribution in [0.3, 0.4) is 0 Å². The smallest absolute Gasteiger partial charge is 0.247 e. The van der Waals surface area contributed by atoms with Gasteiger partial charge in [-0.05, 0) is 39.7 Å². The minimum atomic E-state index is -3.47. The van der Waals surface area contributed by atoms with Crippen LogP contribution in [-0.4, -0.2) is 42.1 Å². The van der Waals surface area contributed by atoms with Crippen LogP contribution in [0.4, 0.5) is 0 Å². The average Bonchev–Trinajstić information content (AvgIpc) is 2.81. The topological polar surface area (TPSA) is 78.1 Å². The van der Waals surface area contributed by atoms with Gasteiger partial charge in [0.2, 0.25) is 10.0 Å². The molecule has 0 amide bonds. The average molecular weight is 314 g/mol. The molecule has 1 saturated heterocycles. The molecule has 0 aliphatic carbocycles. The Morgan fingerprint density at radius 3 is 2.86 bits per heavy atom. The summed E-state index contributed by atoms with van der Waals surface area (Å²) in [6, 6.07) is 0.0644. The normalized spacial score (nSPS) is 20.8. The van der Waals surface area contributed by atoms with Crippen LogP contribution < -0.4 is 5.32 Å². The molecule has 120 valence electrons. The Hall–Kier alpha value is -0.920. The quantitative estimate of drug-likeness (QED) is 0.785. The van der Waals surface area contributed by atoms with Gasteiger partial charge in [0.25, 0.3) is 0 Å². The Labute approximate surface area is 127 Å². The standard InChI is InChI=1S/C14H26N4O2S/c1-4-8-15-10-13-14(12(3)16-17-13)21(19,20)18-9-6-5-7-11(18)2/h11,15H,4-10H2,1-3H3,(H,16,17). The Morgan fingerprint density at radius 1 is 1.43 bits per heavy atom. The minimum absolute atomic E-state index is 0.0644. The van der Waals surface area contributed by atoms with E-state index in [9.17, 15) is 8.42 Å². The molecule has 2 rings (SSSR count). The zero-order valence-corrected chi connectivity index (χ0v) is 14.0. The molecular weight excluding hydrogens is 288 g/mol. The van der Waals surface area contributed by atoms with E-state index >= 15 is 0 Å². The van der Waals surface area contributed by atoms with Gasteiger partial charge in [0.1, 0.15) is 4.90 Å². The van der Waals surface area contributed by atoms with Gasteiger partial charge in [-0.1, -0.05) is 13.3 Å². The third-order valence-electron chi connectivity index (χ3n) is 3.99. The first-order valence-corrected chi connectivity index (χ1v) is 9.19. The fourth-order valence-corrected chi connectivity index (χ4v) is 4.89. The maximum Gasteiger partial charge on any atom is 0.247 e. The molecule has 1 fully saturated rings. The molecule has 1 unspecified atom stereocenters. The summed E-state index contributed by atoms with van der Waals surface area (Å²) < 4.78 is 27.6. The highest BCUT2D eigenvalue weighted by Gasteiger charge is 2.34. The number of aromatic amines is 1. The molecule has 0 saturated carbocycles. The molecule has 2 heterocycles. The summed E-state index contributed by atoms with van der Waals surface area (Å²) in [4.78, 5) is 0.361. The van der Waals surface area contributed by atoms with Crippen molar-refractivity contribution in [2.45, 2.75) is 63.9 Å². The Bertz CT molecular complexity index is 568. The van der Waals surface area contributed by atoms with Crippen LogP contribution in [0.5, 0.6) is 0 Å². The highest BCUT2D eigenvalue weighted by Crippen LogP contribution is 2.28. The molecule has 2 N–H and O–H groups in total. The van der Waals surface area contributed by atoms with Crippen LogP contribution in [0.15, 0.2) is 4.90 Å². The second-order valence-electron chi connectivity index (χ2n) is 5.76. The zero-order chi connectivity index (χ0) is 15.5. The number of hydrogen-bond donors (Lipinski definition) is 2. The number of piperidine rings is 1. The van der Waals surface area contributed by atoms with E-state index in [1.807, 2.05) is 6.92 Å².